The maximum Gasteiger partial charge on any atom is 0.242 e. The third kappa shape index (κ3) is 6.90. The van der Waals surface area contributed by atoms with Gasteiger partial charge in [-0.2, -0.15) is 0 Å². The second kappa shape index (κ2) is 11.4. The predicted octanol–water partition coefficient (Wildman–Crippen LogP) is 4.13. The van der Waals surface area contributed by atoms with E-state index >= 15 is 0 Å². The molecule has 30 heavy (non-hydrogen) atoms. The first-order chi connectivity index (χ1) is 14.3. The van der Waals surface area contributed by atoms with Gasteiger partial charge in [0.15, 0.2) is 0 Å². The molecule has 0 aromatic heterocycles. The number of hydrogen-bond acceptors (Lipinski definition) is 3. The van der Waals surface area contributed by atoms with Crippen LogP contribution in [0.1, 0.15) is 43.9 Å². The zero-order valence-corrected chi connectivity index (χ0v) is 18.8. The minimum Gasteiger partial charge on any atom is -0.497 e. The van der Waals surface area contributed by atoms with Gasteiger partial charge in [-0.15, -0.1) is 0 Å². The van der Waals surface area contributed by atoms with Crippen LogP contribution in [0.15, 0.2) is 48.5 Å². The maximum atomic E-state index is 13.3. The molecule has 2 rings (SSSR count). The third-order valence-corrected chi connectivity index (χ3v) is 5.00. The Morgan fingerprint density at radius 3 is 2.40 bits per heavy atom. The largest absolute Gasteiger partial charge is 0.497 e. The number of rotatable bonds is 10. The molecule has 0 radical (unpaired) electrons. The number of hydrogen-bond donors (Lipinski definition) is 1. The lowest BCUT2D eigenvalue weighted by Crippen LogP contribution is -2.50. The minimum atomic E-state index is -0.521. The summed E-state index contributed by atoms with van der Waals surface area (Å²) in [6.07, 6.45) is 0.813. The van der Waals surface area contributed by atoms with Gasteiger partial charge in [0.2, 0.25) is 11.8 Å². The minimum absolute atomic E-state index is 0.0602. The fourth-order valence-corrected chi connectivity index (χ4v) is 3.41. The Morgan fingerprint density at radius 1 is 1.07 bits per heavy atom. The van der Waals surface area contributed by atoms with Crippen molar-refractivity contribution in [2.24, 2.45) is 5.92 Å². The van der Waals surface area contributed by atoms with Crippen LogP contribution in [0.3, 0.4) is 0 Å². The van der Waals surface area contributed by atoms with Crippen molar-refractivity contribution < 1.29 is 14.3 Å². The highest BCUT2D eigenvalue weighted by molar-refractivity contribution is 5.88. The molecule has 0 bridgehead atoms. The van der Waals surface area contributed by atoms with E-state index in [1.807, 2.05) is 62.4 Å². The van der Waals surface area contributed by atoms with Crippen LogP contribution in [0.4, 0.5) is 0 Å². The molecule has 0 fully saturated rings. The van der Waals surface area contributed by atoms with Gasteiger partial charge in [0, 0.05) is 13.1 Å². The van der Waals surface area contributed by atoms with Crippen LogP contribution in [0.2, 0.25) is 0 Å². The summed E-state index contributed by atoms with van der Waals surface area (Å²) in [4.78, 5) is 28.0. The Bertz CT molecular complexity index is 848. The first-order valence-corrected chi connectivity index (χ1v) is 10.6. The summed E-state index contributed by atoms with van der Waals surface area (Å²) in [5.74, 6) is 0.916. The molecular formula is C25H34N2O3. The number of ether oxygens (including phenoxy) is 1. The molecule has 0 saturated carbocycles. The van der Waals surface area contributed by atoms with Crippen LogP contribution >= 0.6 is 0 Å². The van der Waals surface area contributed by atoms with Crippen LogP contribution in [-0.2, 0) is 22.6 Å². The van der Waals surface area contributed by atoms with E-state index in [0.717, 1.165) is 22.4 Å². The van der Waals surface area contributed by atoms with Gasteiger partial charge in [0.05, 0.1) is 13.5 Å². The van der Waals surface area contributed by atoms with Gasteiger partial charge in [0.1, 0.15) is 11.8 Å². The average Bonchev–Trinajstić information content (AvgIpc) is 2.72. The lowest BCUT2D eigenvalue weighted by molar-refractivity contribution is -0.141. The number of amides is 2. The standard InChI is InChI=1S/C25H34N2O3/c1-6-23(25(29)26-16-18(2)3)27(17-21-11-8-12-22(14-21)30-5)24(28)15-20-10-7-9-19(4)13-20/h7-14,18,23H,6,15-17H2,1-5H3,(H,26,29). The Labute approximate surface area is 180 Å². The van der Waals surface area contributed by atoms with E-state index in [-0.39, 0.29) is 18.2 Å². The molecule has 5 nitrogen and oxygen atoms in total. The molecule has 1 N–H and O–H groups in total. The Kier molecular flexibility index (Phi) is 8.90. The molecule has 0 aliphatic carbocycles. The van der Waals surface area contributed by atoms with Crippen LogP contribution in [0, 0.1) is 12.8 Å². The van der Waals surface area contributed by atoms with E-state index < -0.39 is 6.04 Å². The maximum absolute atomic E-state index is 13.3. The Hall–Kier alpha value is -2.82. The van der Waals surface area contributed by atoms with Crippen molar-refractivity contribution in [2.75, 3.05) is 13.7 Å². The number of methoxy groups -OCH3 is 1. The van der Waals surface area contributed by atoms with Gasteiger partial charge in [-0.1, -0.05) is 62.7 Å². The van der Waals surface area contributed by atoms with Crippen molar-refractivity contribution in [3.8, 4) is 5.75 Å². The number of benzene rings is 2. The van der Waals surface area contributed by atoms with Gasteiger partial charge in [0.25, 0.3) is 0 Å². The second-order valence-corrected chi connectivity index (χ2v) is 8.10. The topological polar surface area (TPSA) is 58.6 Å². The van der Waals surface area contributed by atoms with Gasteiger partial charge in [-0.05, 0) is 42.5 Å². The van der Waals surface area contributed by atoms with Crippen molar-refractivity contribution in [3.63, 3.8) is 0 Å². The summed E-state index contributed by atoms with van der Waals surface area (Å²) in [5, 5.41) is 2.99. The normalized spacial score (nSPS) is 11.8. The average molecular weight is 411 g/mol. The molecule has 0 aliphatic rings. The number of nitrogens with one attached hydrogen (secondary N) is 1. The van der Waals surface area contributed by atoms with Crippen LogP contribution in [0.5, 0.6) is 5.75 Å². The number of nitrogens with zero attached hydrogens (tertiary/aromatic N) is 1. The number of carbonyl (C=O) groups is 2. The second-order valence-electron chi connectivity index (χ2n) is 8.10. The lowest BCUT2D eigenvalue weighted by Gasteiger charge is -2.31. The highest BCUT2D eigenvalue weighted by Gasteiger charge is 2.28. The van der Waals surface area contributed by atoms with Crippen LogP contribution in [-0.4, -0.2) is 36.4 Å². The molecule has 0 heterocycles. The molecule has 1 atom stereocenters. The van der Waals surface area contributed by atoms with Crippen molar-refractivity contribution in [3.05, 3.63) is 65.2 Å². The molecule has 162 valence electrons. The summed E-state index contributed by atoms with van der Waals surface area (Å²) in [7, 11) is 1.62. The quantitative estimate of drug-likeness (QED) is 0.641. The number of carbonyl (C=O) groups excluding carboxylic acids is 2. The third-order valence-electron chi connectivity index (χ3n) is 5.00. The van der Waals surface area contributed by atoms with Gasteiger partial charge < -0.3 is 15.0 Å². The zero-order valence-electron chi connectivity index (χ0n) is 18.8. The summed E-state index contributed by atoms with van der Waals surface area (Å²) in [5.41, 5.74) is 3.00. The summed E-state index contributed by atoms with van der Waals surface area (Å²) in [6, 6.07) is 15.0. The van der Waals surface area contributed by atoms with Crippen LogP contribution < -0.4 is 10.1 Å². The van der Waals surface area contributed by atoms with Crippen molar-refractivity contribution >= 4 is 11.8 Å². The first-order valence-electron chi connectivity index (χ1n) is 10.6. The first kappa shape index (κ1) is 23.5. The van der Waals surface area contributed by atoms with E-state index in [4.69, 9.17) is 4.74 Å². The van der Waals surface area contributed by atoms with Crippen molar-refractivity contribution in [2.45, 2.75) is 53.1 Å². The Morgan fingerprint density at radius 2 is 1.77 bits per heavy atom. The molecule has 2 amide bonds. The zero-order chi connectivity index (χ0) is 22.1. The van der Waals surface area contributed by atoms with E-state index in [2.05, 4.69) is 19.2 Å². The van der Waals surface area contributed by atoms with E-state index in [1.165, 1.54) is 0 Å². The Balaban J connectivity index is 2.29. The highest BCUT2D eigenvalue weighted by atomic mass is 16.5. The number of aryl methyl sites for hydroxylation is 1. The summed E-state index contributed by atoms with van der Waals surface area (Å²) >= 11 is 0. The van der Waals surface area contributed by atoms with Gasteiger partial charge >= 0.3 is 0 Å². The van der Waals surface area contributed by atoms with E-state index in [0.29, 0.717) is 25.4 Å². The highest BCUT2D eigenvalue weighted by Crippen LogP contribution is 2.18. The molecule has 0 saturated heterocycles. The molecule has 5 heteroatoms. The van der Waals surface area contributed by atoms with Gasteiger partial charge in [-0.25, -0.2) is 0 Å². The molecule has 1 unspecified atom stereocenters. The fraction of sp³-hybridized carbons (Fsp3) is 0.440. The monoisotopic (exact) mass is 410 g/mol. The fourth-order valence-electron chi connectivity index (χ4n) is 3.41. The van der Waals surface area contributed by atoms with E-state index in [9.17, 15) is 9.59 Å². The van der Waals surface area contributed by atoms with Crippen LogP contribution in [0.25, 0.3) is 0 Å². The van der Waals surface area contributed by atoms with Crippen molar-refractivity contribution in [1.29, 1.82) is 0 Å². The molecule has 2 aromatic carbocycles. The van der Waals surface area contributed by atoms with Gasteiger partial charge in [-0.3, -0.25) is 9.59 Å². The molecule has 2 aromatic rings. The predicted molar refractivity (Wildman–Crippen MR) is 120 cm³/mol. The lowest BCUT2D eigenvalue weighted by atomic mass is 10.0. The summed E-state index contributed by atoms with van der Waals surface area (Å²) < 4.78 is 5.32. The molecule has 0 spiro atoms. The summed E-state index contributed by atoms with van der Waals surface area (Å²) in [6.45, 7) is 9.01. The molecule has 0 aliphatic heterocycles. The molecular weight excluding hydrogens is 376 g/mol. The SMILES string of the molecule is CCC(C(=O)NCC(C)C)N(Cc1cccc(OC)c1)C(=O)Cc1cccc(C)c1. The smallest absolute Gasteiger partial charge is 0.242 e. The van der Waals surface area contributed by atoms with Crippen molar-refractivity contribution in [1.82, 2.24) is 10.2 Å². The van der Waals surface area contributed by atoms with E-state index in [1.54, 1.807) is 12.0 Å².